The van der Waals surface area contributed by atoms with Gasteiger partial charge in [0.15, 0.2) is 0 Å². The van der Waals surface area contributed by atoms with Crippen molar-refractivity contribution < 1.29 is 13.6 Å². The van der Waals surface area contributed by atoms with Gasteiger partial charge >= 0.3 is 0 Å². The van der Waals surface area contributed by atoms with Gasteiger partial charge in [-0.3, -0.25) is 4.79 Å². The number of benzene rings is 1. The van der Waals surface area contributed by atoms with Crippen LogP contribution in [0, 0.1) is 11.6 Å². The standard InChI is InChI=1S/C9H5F2O/c10-8-4-3-7(2-1-5-12)9(11)6-8/h1-4,6H. The first-order valence-electron chi connectivity index (χ1n) is 3.23. The summed E-state index contributed by atoms with van der Waals surface area (Å²) in [7, 11) is 0. The van der Waals surface area contributed by atoms with Crippen LogP contribution in [0.15, 0.2) is 24.3 Å². The Hall–Kier alpha value is -1.51. The van der Waals surface area contributed by atoms with Crippen molar-refractivity contribution in [1.29, 1.82) is 0 Å². The van der Waals surface area contributed by atoms with E-state index in [1.807, 2.05) is 0 Å². The smallest absolute Gasteiger partial charge is 0.225 e. The number of hydrogen-bond acceptors (Lipinski definition) is 1. The molecule has 0 aliphatic heterocycles. The van der Waals surface area contributed by atoms with Crippen molar-refractivity contribution >= 4 is 12.4 Å². The normalized spacial score (nSPS) is 10.5. The maximum absolute atomic E-state index is 12.8. The Morgan fingerprint density at radius 2 is 2.08 bits per heavy atom. The largest absolute Gasteiger partial charge is 0.286 e. The lowest BCUT2D eigenvalue weighted by atomic mass is 10.2. The highest BCUT2D eigenvalue weighted by Crippen LogP contribution is 2.10. The molecule has 0 amide bonds. The van der Waals surface area contributed by atoms with E-state index in [0.29, 0.717) is 0 Å². The lowest BCUT2D eigenvalue weighted by Crippen LogP contribution is -1.83. The lowest BCUT2D eigenvalue weighted by molar-refractivity contribution is 0.564. The second kappa shape index (κ2) is 3.76. The molecule has 0 unspecified atom stereocenters. The van der Waals surface area contributed by atoms with Crippen molar-refractivity contribution in [1.82, 2.24) is 0 Å². The molecule has 0 atom stereocenters. The van der Waals surface area contributed by atoms with Crippen molar-refractivity contribution in [2.45, 2.75) is 0 Å². The molecule has 1 aromatic carbocycles. The van der Waals surface area contributed by atoms with E-state index in [-0.39, 0.29) is 5.56 Å². The van der Waals surface area contributed by atoms with Gasteiger partial charge < -0.3 is 0 Å². The van der Waals surface area contributed by atoms with Gasteiger partial charge in [-0.25, -0.2) is 8.78 Å². The zero-order valence-electron chi connectivity index (χ0n) is 6.05. The average molecular weight is 167 g/mol. The number of allylic oxidation sites excluding steroid dienone is 1. The van der Waals surface area contributed by atoms with E-state index in [4.69, 9.17) is 0 Å². The fourth-order valence-corrected chi connectivity index (χ4v) is 0.760. The zero-order valence-corrected chi connectivity index (χ0v) is 6.05. The third-order valence-corrected chi connectivity index (χ3v) is 1.29. The summed E-state index contributed by atoms with van der Waals surface area (Å²) in [6.45, 7) is 0. The van der Waals surface area contributed by atoms with Crippen LogP contribution in [0.25, 0.3) is 6.08 Å². The summed E-state index contributed by atoms with van der Waals surface area (Å²) >= 11 is 0. The number of rotatable bonds is 2. The van der Waals surface area contributed by atoms with Gasteiger partial charge in [0.2, 0.25) is 6.29 Å². The summed E-state index contributed by atoms with van der Waals surface area (Å²) in [5.41, 5.74) is 0.166. The average Bonchev–Trinajstić information content (AvgIpc) is 2.03. The van der Waals surface area contributed by atoms with Crippen molar-refractivity contribution in [2.75, 3.05) is 0 Å². The number of hydrogen-bond donors (Lipinski definition) is 0. The molecular weight excluding hydrogens is 162 g/mol. The van der Waals surface area contributed by atoms with Crippen LogP contribution in [-0.4, -0.2) is 6.29 Å². The fraction of sp³-hybridized carbons (Fsp3) is 0. The van der Waals surface area contributed by atoms with Crippen LogP contribution < -0.4 is 0 Å². The molecular formula is C9H5F2O. The van der Waals surface area contributed by atoms with E-state index in [0.717, 1.165) is 18.2 Å². The Balaban J connectivity index is 3.01. The van der Waals surface area contributed by atoms with Crippen LogP contribution in [-0.2, 0) is 4.79 Å². The third-order valence-electron chi connectivity index (χ3n) is 1.29. The summed E-state index contributed by atoms with van der Waals surface area (Å²) in [5, 5.41) is 0. The predicted molar refractivity (Wildman–Crippen MR) is 41.1 cm³/mol. The first kappa shape index (κ1) is 8.59. The maximum Gasteiger partial charge on any atom is 0.225 e. The third kappa shape index (κ3) is 1.99. The van der Waals surface area contributed by atoms with Crippen LogP contribution in [0.2, 0.25) is 0 Å². The molecule has 0 aromatic heterocycles. The molecule has 0 fully saturated rings. The van der Waals surface area contributed by atoms with E-state index >= 15 is 0 Å². The molecule has 3 heteroatoms. The molecule has 0 heterocycles. The van der Waals surface area contributed by atoms with Gasteiger partial charge in [0.1, 0.15) is 11.6 Å². The van der Waals surface area contributed by atoms with Crippen molar-refractivity contribution in [3.8, 4) is 0 Å². The number of carbonyl (C=O) groups excluding carboxylic acids is 1. The minimum absolute atomic E-state index is 0.166. The molecule has 0 spiro atoms. The van der Waals surface area contributed by atoms with E-state index < -0.39 is 11.6 Å². The monoisotopic (exact) mass is 167 g/mol. The Labute approximate surface area is 68.3 Å². The van der Waals surface area contributed by atoms with Gasteiger partial charge in [0.05, 0.1) is 0 Å². The van der Waals surface area contributed by atoms with E-state index in [1.54, 1.807) is 0 Å². The van der Waals surface area contributed by atoms with Crippen LogP contribution >= 0.6 is 0 Å². The molecule has 0 saturated heterocycles. The first-order valence-corrected chi connectivity index (χ1v) is 3.23. The predicted octanol–water partition coefficient (Wildman–Crippen LogP) is 2.09. The zero-order chi connectivity index (χ0) is 8.97. The highest BCUT2D eigenvalue weighted by molar-refractivity contribution is 5.74. The molecule has 12 heavy (non-hydrogen) atoms. The highest BCUT2D eigenvalue weighted by Gasteiger charge is 1.98. The van der Waals surface area contributed by atoms with Gasteiger partial charge in [-0.1, -0.05) is 0 Å². The lowest BCUT2D eigenvalue weighted by Gasteiger charge is -1.94. The van der Waals surface area contributed by atoms with Gasteiger partial charge in [0.25, 0.3) is 0 Å². The summed E-state index contributed by atoms with van der Waals surface area (Å²) in [5.74, 6) is -1.33. The van der Waals surface area contributed by atoms with Crippen LogP contribution in [0.3, 0.4) is 0 Å². The van der Waals surface area contributed by atoms with Gasteiger partial charge in [-0.2, -0.15) is 0 Å². The molecule has 1 radical (unpaired) electrons. The van der Waals surface area contributed by atoms with E-state index in [2.05, 4.69) is 0 Å². The minimum atomic E-state index is -0.693. The van der Waals surface area contributed by atoms with Gasteiger partial charge in [-0.15, -0.1) is 0 Å². The second-order valence-corrected chi connectivity index (χ2v) is 2.12. The Bertz CT molecular complexity index is 318. The fourth-order valence-electron chi connectivity index (χ4n) is 0.760. The molecule has 1 rings (SSSR count). The van der Waals surface area contributed by atoms with Gasteiger partial charge in [-0.05, 0) is 24.3 Å². The molecule has 0 aliphatic rings. The van der Waals surface area contributed by atoms with E-state index in [9.17, 15) is 13.6 Å². The molecule has 1 nitrogen and oxygen atoms in total. The summed E-state index contributed by atoms with van der Waals surface area (Å²) in [6, 6.07) is 3.12. The maximum atomic E-state index is 12.8. The van der Waals surface area contributed by atoms with Crippen LogP contribution in [0.4, 0.5) is 8.78 Å². The summed E-state index contributed by atoms with van der Waals surface area (Å²) in [4.78, 5) is 9.75. The molecule has 61 valence electrons. The number of halogens is 2. The Morgan fingerprint density at radius 1 is 1.33 bits per heavy atom. The molecule has 0 saturated carbocycles. The summed E-state index contributed by atoms with van der Waals surface area (Å²) in [6.07, 6.45) is 3.72. The van der Waals surface area contributed by atoms with Crippen molar-refractivity contribution in [3.63, 3.8) is 0 Å². The minimum Gasteiger partial charge on any atom is -0.286 e. The molecule has 0 aliphatic carbocycles. The SMILES string of the molecule is O=[C]C=Cc1ccc(F)cc1F. The molecule has 0 N–H and O–H groups in total. The molecule has 0 bridgehead atoms. The Morgan fingerprint density at radius 3 is 2.67 bits per heavy atom. The summed E-state index contributed by atoms with van der Waals surface area (Å²) < 4.78 is 25.1. The second-order valence-electron chi connectivity index (χ2n) is 2.12. The highest BCUT2D eigenvalue weighted by atomic mass is 19.1. The van der Waals surface area contributed by atoms with Crippen molar-refractivity contribution in [2.24, 2.45) is 0 Å². The molecule has 1 aromatic rings. The van der Waals surface area contributed by atoms with Gasteiger partial charge in [0, 0.05) is 11.6 Å². The van der Waals surface area contributed by atoms with Crippen molar-refractivity contribution in [3.05, 3.63) is 41.5 Å². The quantitative estimate of drug-likeness (QED) is 0.616. The Kier molecular flexibility index (Phi) is 2.69. The first-order chi connectivity index (χ1) is 5.74. The van der Waals surface area contributed by atoms with E-state index in [1.165, 1.54) is 18.4 Å². The topological polar surface area (TPSA) is 17.1 Å². The van der Waals surface area contributed by atoms with Crippen LogP contribution in [0.5, 0.6) is 0 Å². The van der Waals surface area contributed by atoms with Crippen LogP contribution in [0.1, 0.15) is 5.56 Å².